The van der Waals surface area contributed by atoms with Crippen molar-refractivity contribution in [2.75, 3.05) is 33.4 Å². The smallest absolute Gasteiger partial charge is 0.220 e. The van der Waals surface area contributed by atoms with Crippen molar-refractivity contribution in [2.24, 2.45) is 5.73 Å². The van der Waals surface area contributed by atoms with Gasteiger partial charge in [0.1, 0.15) is 5.60 Å². The molecule has 1 rings (SSSR count). The summed E-state index contributed by atoms with van der Waals surface area (Å²) in [5.74, 6) is 0.0883. The summed E-state index contributed by atoms with van der Waals surface area (Å²) < 4.78 is 10.7. The van der Waals surface area contributed by atoms with Crippen molar-refractivity contribution in [2.45, 2.75) is 37.7 Å². The second-order valence-corrected chi connectivity index (χ2v) is 4.57. The van der Waals surface area contributed by atoms with Crippen molar-refractivity contribution < 1.29 is 14.3 Å². The fraction of sp³-hybridized carbons (Fsp3) is 0.917. The van der Waals surface area contributed by atoms with Crippen LogP contribution in [0.2, 0.25) is 0 Å². The normalized spacial score (nSPS) is 23.9. The maximum Gasteiger partial charge on any atom is 0.220 e. The van der Waals surface area contributed by atoms with E-state index in [-0.39, 0.29) is 11.5 Å². The zero-order valence-electron chi connectivity index (χ0n) is 10.7. The van der Waals surface area contributed by atoms with Crippen LogP contribution in [0.3, 0.4) is 0 Å². The molecule has 5 nitrogen and oxygen atoms in total. The Morgan fingerprint density at radius 3 is 2.88 bits per heavy atom. The van der Waals surface area contributed by atoms with E-state index in [9.17, 15) is 4.79 Å². The first-order valence-corrected chi connectivity index (χ1v) is 6.32. The zero-order chi connectivity index (χ0) is 12.6. The molecule has 0 spiro atoms. The lowest BCUT2D eigenvalue weighted by Gasteiger charge is -2.25. The number of hydrogen-bond donors (Lipinski definition) is 2. The molecule has 1 amide bonds. The second-order valence-electron chi connectivity index (χ2n) is 4.57. The van der Waals surface area contributed by atoms with Crippen LogP contribution in [-0.2, 0) is 14.3 Å². The molecule has 0 bridgehead atoms. The van der Waals surface area contributed by atoms with E-state index >= 15 is 0 Å². The first-order chi connectivity index (χ1) is 8.22. The van der Waals surface area contributed by atoms with Crippen LogP contribution in [0, 0.1) is 0 Å². The van der Waals surface area contributed by atoms with E-state index in [0.29, 0.717) is 32.7 Å². The lowest BCUT2D eigenvalue weighted by molar-refractivity contribution is -0.122. The van der Waals surface area contributed by atoms with Crippen molar-refractivity contribution in [3.63, 3.8) is 0 Å². The van der Waals surface area contributed by atoms with Gasteiger partial charge in [-0.25, -0.2) is 0 Å². The zero-order valence-corrected chi connectivity index (χ0v) is 10.7. The van der Waals surface area contributed by atoms with Crippen LogP contribution in [0.4, 0.5) is 0 Å². The molecule has 0 saturated carbocycles. The number of amides is 1. The summed E-state index contributed by atoms with van der Waals surface area (Å²) in [4.78, 5) is 11.6. The van der Waals surface area contributed by atoms with Gasteiger partial charge in [-0.3, -0.25) is 4.79 Å². The predicted molar refractivity (Wildman–Crippen MR) is 65.7 cm³/mol. The molecule has 1 heterocycles. The molecule has 5 heteroatoms. The lowest BCUT2D eigenvalue weighted by Crippen LogP contribution is -2.44. The Labute approximate surface area is 103 Å². The average molecular weight is 244 g/mol. The highest BCUT2D eigenvalue weighted by atomic mass is 16.5. The molecular weight excluding hydrogens is 220 g/mol. The molecule has 1 saturated heterocycles. The molecule has 3 N–H and O–H groups in total. The summed E-state index contributed by atoms with van der Waals surface area (Å²) in [5.41, 5.74) is 5.08. The number of rotatable bonds is 8. The van der Waals surface area contributed by atoms with E-state index in [2.05, 4.69) is 5.32 Å². The van der Waals surface area contributed by atoms with Crippen molar-refractivity contribution in [3.05, 3.63) is 0 Å². The first kappa shape index (κ1) is 14.4. The maximum absolute atomic E-state index is 11.6. The van der Waals surface area contributed by atoms with Crippen molar-refractivity contribution in [1.29, 1.82) is 0 Å². The van der Waals surface area contributed by atoms with E-state index in [0.717, 1.165) is 25.7 Å². The number of nitrogens with two attached hydrogens (primary N) is 1. The van der Waals surface area contributed by atoms with Crippen molar-refractivity contribution >= 4 is 5.91 Å². The minimum absolute atomic E-state index is 0.0883. The number of carbonyl (C=O) groups is 1. The highest BCUT2D eigenvalue weighted by Crippen LogP contribution is 2.21. The molecule has 1 fully saturated rings. The highest BCUT2D eigenvalue weighted by molar-refractivity contribution is 5.75. The maximum atomic E-state index is 11.6. The number of ether oxygens (including phenoxy) is 2. The summed E-state index contributed by atoms with van der Waals surface area (Å²) in [6.07, 6.45) is 4.32. The standard InChI is InChI=1S/C12H24N2O3/c1-16-12(6-8-17-10-12)9-14-11(15)5-3-2-4-7-13/h2-10,13H2,1H3,(H,14,15). The topological polar surface area (TPSA) is 73.6 Å². The Kier molecular flexibility index (Phi) is 6.47. The molecule has 0 aliphatic carbocycles. The number of hydrogen-bond acceptors (Lipinski definition) is 4. The Hall–Kier alpha value is -0.650. The summed E-state index contributed by atoms with van der Waals surface area (Å²) in [6.45, 7) is 2.52. The van der Waals surface area contributed by atoms with Gasteiger partial charge in [0.2, 0.25) is 5.91 Å². The van der Waals surface area contributed by atoms with Gasteiger partial charge >= 0.3 is 0 Å². The molecule has 0 radical (unpaired) electrons. The molecule has 0 aromatic heterocycles. The largest absolute Gasteiger partial charge is 0.378 e. The SMILES string of the molecule is COC1(CNC(=O)CCCCCN)CCOC1. The minimum Gasteiger partial charge on any atom is -0.378 e. The van der Waals surface area contributed by atoms with Gasteiger partial charge in [0.25, 0.3) is 0 Å². The lowest BCUT2D eigenvalue weighted by atomic mass is 10.0. The number of unbranched alkanes of at least 4 members (excludes halogenated alkanes) is 2. The van der Waals surface area contributed by atoms with Crippen LogP contribution < -0.4 is 11.1 Å². The van der Waals surface area contributed by atoms with Crippen molar-refractivity contribution in [3.8, 4) is 0 Å². The summed E-state index contributed by atoms with van der Waals surface area (Å²) in [7, 11) is 1.67. The molecule has 1 unspecified atom stereocenters. The number of methoxy groups -OCH3 is 1. The van der Waals surface area contributed by atoms with Crippen LogP contribution in [0.1, 0.15) is 32.1 Å². The molecule has 100 valence electrons. The Bertz CT molecular complexity index is 228. The van der Waals surface area contributed by atoms with E-state index in [4.69, 9.17) is 15.2 Å². The molecular formula is C12H24N2O3. The Balaban J connectivity index is 2.14. The van der Waals surface area contributed by atoms with Crippen molar-refractivity contribution in [1.82, 2.24) is 5.32 Å². The average Bonchev–Trinajstić information content (AvgIpc) is 2.82. The third-order valence-electron chi connectivity index (χ3n) is 3.22. The van der Waals surface area contributed by atoms with Gasteiger partial charge in [0, 0.05) is 33.1 Å². The molecule has 1 atom stereocenters. The molecule has 0 aromatic carbocycles. The fourth-order valence-corrected chi connectivity index (χ4v) is 1.92. The van der Waals surface area contributed by atoms with Gasteiger partial charge in [0.15, 0.2) is 0 Å². The van der Waals surface area contributed by atoms with Crippen LogP contribution >= 0.6 is 0 Å². The van der Waals surface area contributed by atoms with Crippen LogP contribution in [0.25, 0.3) is 0 Å². The summed E-state index contributed by atoms with van der Waals surface area (Å²) in [6, 6.07) is 0. The Morgan fingerprint density at radius 2 is 2.29 bits per heavy atom. The predicted octanol–water partition coefficient (Wildman–Crippen LogP) is 0.427. The number of nitrogens with one attached hydrogen (secondary N) is 1. The van der Waals surface area contributed by atoms with Crippen LogP contribution in [0.15, 0.2) is 0 Å². The van der Waals surface area contributed by atoms with Gasteiger partial charge in [-0.1, -0.05) is 6.42 Å². The quantitative estimate of drug-likeness (QED) is 0.607. The molecule has 1 aliphatic heterocycles. The second kappa shape index (κ2) is 7.63. The molecule has 1 aliphatic rings. The first-order valence-electron chi connectivity index (χ1n) is 6.32. The monoisotopic (exact) mass is 244 g/mol. The van der Waals surface area contributed by atoms with Gasteiger partial charge in [-0.05, 0) is 19.4 Å². The third kappa shape index (κ3) is 5.02. The minimum atomic E-state index is -0.313. The fourth-order valence-electron chi connectivity index (χ4n) is 1.92. The molecule has 0 aromatic rings. The molecule has 17 heavy (non-hydrogen) atoms. The highest BCUT2D eigenvalue weighted by Gasteiger charge is 2.35. The van der Waals surface area contributed by atoms with Gasteiger partial charge < -0.3 is 20.5 Å². The van der Waals surface area contributed by atoms with Crippen LogP contribution in [0.5, 0.6) is 0 Å². The van der Waals surface area contributed by atoms with Gasteiger partial charge in [-0.15, -0.1) is 0 Å². The van der Waals surface area contributed by atoms with E-state index in [1.54, 1.807) is 7.11 Å². The number of carbonyl (C=O) groups excluding carboxylic acids is 1. The van der Waals surface area contributed by atoms with Gasteiger partial charge in [0.05, 0.1) is 6.61 Å². The van der Waals surface area contributed by atoms with E-state index in [1.807, 2.05) is 0 Å². The van der Waals surface area contributed by atoms with E-state index in [1.165, 1.54) is 0 Å². The van der Waals surface area contributed by atoms with Crippen LogP contribution in [-0.4, -0.2) is 44.9 Å². The van der Waals surface area contributed by atoms with Gasteiger partial charge in [-0.2, -0.15) is 0 Å². The van der Waals surface area contributed by atoms with E-state index < -0.39 is 0 Å². The summed E-state index contributed by atoms with van der Waals surface area (Å²) in [5, 5.41) is 2.92. The third-order valence-corrected chi connectivity index (χ3v) is 3.22. The summed E-state index contributed by atoms with van der Waals surface area (Å²) >= 11 is 0. The Morgan fingerprint density at radius 1 is 1.47 bits per heavy atom.